The molecule has 0 saturated heterocycles. The Kier molecular flexibility index (Phi) is 7.16. The third-order valence-electron chi connectivity index (χ3n) is 4.45. The Labute approximate surface area is 115 Å². The predicted octanol–water partition coefficient (Wildman–Crippen LogP) is 2.03. The van der Waals surface area contributed by atoms with Gasteiger partial charge in [0.1, 0.15) is 0 Å². The Hall–Kier alpha value is -0.810. The summed E-state index contributed by atoms with van der Waals surface area (Å²) in [6.45, 7) is 0. The molecule has 0 aliphatic heterocycles. The van der Waals surface area contributed by atoms with Crippen LogP contribution in [0, 0.1) is 11.8 Å². The number of primary amides is 1. The minimum absolute atomic E-state index is 0.501. The number of rotatable bonds is 2. The van der Waals surface area contributed by atoms with Gasteiger partial charge >= 0.3 is 6.09 Å². The van der Waals surface area contributed by atoms with Gasteiger partial charge < -0.3 is 22.3 Å². The lowest BCUT2D eigenvalue weighted by molar-refractivity contribution is 0.205. The zero-order valence-corrected chi connectivity index (χ0v) is 11.8. The Bertz CT molecular complexity index is 233. The topological polar surface area (TPSA) is 115 Å². The van der Waals surface area contributed by atoms with Gasteiger partial charge in [-0.05, 0) is 69.6 Å². The standard InChI is InChI=1S/C13H26N2.CH3NO2/c14-12-5-1-10(2-6-12)9-11-3-7-13(15)8-4-11;2-1(3)4/h10-13H,1-9,14-15H2;2H2,(H,3,4). The molecule has 0 aromatic rings. The molecule has 0 spiro atoms. The minimum Gasteiger partial charge on any atom is -0.465 e. The van der Waals surface area contributed by atoms with Crippen LogP contribution in [0.4, 0.5) is 4.79 Å². The average molecular weight is 271 g/mol. The average Bonchev–Trinajstić information content (AvgIpc) is 2.34. The van der Waals surface area contributed by atoms with Crippen LogP contribution in [-0.4, -0.2) is 23.3 Å². The van der Waals surface area contributed by atoms with Crippen LogP contribution < -0.4 is 17.2 Å². The number of nitrogens with two attached hydrogens (primary N) is 3. The third-order valence-corrected chi connectivity index (χ3v) is 4.45. The molecule has 7 N–H and O–H groups in total. The van der Waals surface area contributed by atoms with Crippen molar-refractivity contribution in [1.82, 2.24) is 0 Å². The lowest BCUT2D eigenvalue weighted by Crippen LogP contribution is -2.30. The summed E-state index contributed by atoms with van der Waals surface area (Å²) in [5, 5.41) is 7.19. The van der Waals surface area contributed by atoms with Crippen molar-refractivity contribution in [3.05, 3.63) is 0 Å². The summed E-state index contributed by atoms with van der Waals surface area (Å²) in [5.74, 6) is 1.95. The van der Waals surface area contributed by atoms with Crippen molar-refractivity contribution < 1.29 is 9.90 Å². The van der Waals surface area contributed by atoms with Gasteiger partial charge in [-0.25, -0.2) is 4.79 Å². The highest BCUT2D eigenvalue weighted by molar-refractivity contribution is 5.61. The summed E-state index contributed by atoms with van der Waals surface area (Å²) in [7, 11) is 0. The fourth-order valence-electron chi connectivity index (χ4n) is 3.32. The van der Waals surface area contributed by atoms with Crippen LogP contribution in [0.15, 0.2) is 0 Å². The summed E-state index contributed by atoms with van der Waals surface area (Å²) < 4.78 is 0. The molecule has 0 bridgehead atoms. The first-order valence-corrected chi connectivity index (χ1v) is 7.47. The highest BCUT2D eigenvalue weighted by Crippen LogP contribution is 2.34. The molecular weight excluding hydrogens is 242 g/mol. The molecule has 19 heavy (non-hydrogen) atoms. The van der Waals surface area contributed by atoms with E-state index in [2.05, 4.69) is 5.73 Å². The summed E-state index contributed by atoms with van der Waals surface area (Å²) in [5.41, 5.74) is 15.9. The molecule has 5 heteroatoms. The highest BCUT2D eigenvalue weighted by Gasteiger charge is 2.24. The largest absolute Gasteiger partial charge is 0.465 e. The summed E-state index contributed by atoms with van der Waals surface area (Å²) in [6, 6.07) is 1.00. The van der Waals surface area contributed by atoms with Crippen molar-refractivity contribution in [2.45, 2.75) is 69.9 Å². The Morgan fingerprint density at radius 3 is 1.37 bits per heavy atom. The van der Waals surface area contributed by atoms with Gasteiger partial charge in [0, 0.05) is 12.1 Å². The molecule has 0 heterocycles. The van der Waals surface area contributed by atoms with Crippen LogP contribution in [0.1, 0.15) is 57.8 Å². The maximum Gasteiger partial charge on any atom is 0.402 e. The van der Waals surface area contributed by atoms with Gasteiger partial charge in [0.05, 0.1) is 0 Å². The lowest BCUT2D eigenvalue weighted by Gasteiger charge is -2.32. The number of hydrogen-bond acceptors (Lipinski definition) is 3. The Morgan fingerprint density at radius 2 is 1.11 bits per heavy atom. The van der Waals surface area contributed by atoms with E-state index < -0.39 is 6.09 Å². The number of carbonyl (C=O) groups is 1. The zero-order valence-electron chi connectivity index (χ0n) is 11.8. The maximum absolute atomic E-state index is 8.78. The quantitative estimate of drug-likeness (QED) is 0.615. The molecule has 0 aromatic carbocycles. The first-order valence-electron chi connectivity index (χ1n) is 7.47. The van der Waals surface area contributed by atoms with E-state index in [4.69, 9.17) is 21.4 Å². The fourth-order valence-corrected chi connectivity index (χ4v) is 3.32. The van der Waals surface area contributed by atoms with E-state index in [0.29, 0.717) is 12.1 Å². The molecule has 1 amide bonds. The van der Waals surface area contributed by atoms with E-state index >= 15 is 0 Å². The van der Waals surface area contributed by atoms with Crippen molar-refractivity contribution in [3.8, 4) is 0 Å². The smallest absolute Gasteiger partial charge is 0.402 e. The normalized spacial score (nSPS) is 35.1. The first kappa shape index (κ1) is 16.2. The molecule has 2 fully saturated rings. The van der Waals surface area contributed by atoms with Crippen molar-refractivity contribution >= 4 is 6.09 Å². The van der Waals surface area contributed by atoms with Crippen LogP contribution in [0.25, 0.3) is 0 Å². The lowest BCUT2D eigenvalue weighted by atomic mass is 9.76. The predicted molar refractivity (Wildman–Crippen MR) is 76.7 cm³/mol. The van der Waals surface area contributed by atoms with Crippen molar-refractivity contribution in [2.75, 3.05) is 0 Å². The number of hydrogen-bond donors (Lipinski definition) is 4. The minimum atomic E-state index is -1.33. The Morgan fingerprint density at radius 1 is 0.842 bits per heavy atom. The van der Waals surface area contributed by atoms with Gasteiger partial charge in [-0.2, -0.15) is 0 Å². The second-order valence-corrected chi connectivity index (χ2v) is 6.14. The molecule has 2 aliphatic carbocycles. The van der Waals surface area contributed by atoms with Crippen LogP contribution in [0.5, 0.6) is 0 Å². The van der Waals surface area contributed by atoms with E-state index in [1.807, 2.05) is 0 Å². The molecule has 112 valence electrons. The third kappa shape index (κ3) is 7.38. The van der Waals surface area contributed by atoms with Crippen LogP contribution in [0.3, 0.4) is 0 Å². The molecule has 2 saturated carbocycles. The molecule has 0 radical (unpaired) electrons. The van der Waals surface area contributed by atoms with Crippen LogP contribution in [-0.2, 0) is 0 Å². The molecular formula is C14H29N3O2. The zero-order chi connectivity index (χ0) is 14.3. The van der Waals surface area contributed by atoms with E-state index in [9.17, 15) is 0 Å². The van der Waals surface area contributed by atoms with Gasteiger partial charge in [-0.3, -0.25) is 0 Å². The molecule has 0 unspecified atom stereocenters. The van der Waals surface area contributed by atoms with Crippen molar-refractivity contribution in [1.29, 1.82) is 0 Å². The van der Waals surface area contributed by atoms with Crippen LogP contribution in [0.2, 0.25) is 0 Å². The van der Waals surface area contributed by atoms with E-state index in [1.165, 1.54) is 57.8 Å². The molecule has 0 aromatic heterocycles. The first-order chi connectivity index (χ1) is 8.97. The second kappa shape index (κ2) is 8.38. The fraction of sp³-hybridized carbons (Fsp3) is 0.929. The molecule has 2 aliphatic rings. The summed E-state index contributed by atoms with van der Waals surface area (Å²) >= 11 is 0. The number of carboxylic acid groups (broad SMARTS) is 1. The molecule has 0 atom stereocenters. The van der Waals surface area contributed by atoms with E-state index in [0.717, 1.165) is 11.8 Å². The molecule has 2 rings (SSSR count). The van der Waals surface area contributed by atoms with Gasteiger partial charge in [0.15, 0.2) is 0 Å². The van der Waals surface area contributed by atoms with E-state index in [-0.39, 0.29) is 0 Å². The Balaban J connectivity index is 0.000000399. The maximum atomic E-state index is 8.78. The molecule has 5 nitrogen and oxygen atoms in total. The van der Waals surface area contributed by atoms with E-state index in [1.54, 1.807) is 0 Å². The highest BCUT2D eigenvalue weighted by atomic mass is 16.4. The van der Waals surface area contributed by atoms with Crippen molar-refractivity contribution in [3.63, 3.8) is 0 Å². The SMILES string of the molecule is NC(=O)O.NC1CCC(CC2CCC(N)CC2)CC1. The summed E-state index contributed by atoms with van der Waals surface area (Å²) in [6.07, 6.45) is 10.7. The second-order valence-electron chi connectivity index (χ2n) is 6.14. The van der Waals surface area contributed by atoms with Crippen molar-refractivity contribution in [2.24, 2.45) is 29.0 Å². The van der Waals surface area contributed by atoms with Gasteiger partial charge in [-0.15, -0.1) is 0 Å². The van der Waals surface area contributed by atoms with Gasteiger partial charge in [0.2, 0.25) is 0 Å². The monoisotopic (exact) mass is 271 g/mol. The summed E-state index contributed by atoms with van der Waals surface area (Å²) in [4.78, 5) is 8.78. The number of amides is 1. The van der Waals surface area contributed by atoms with Gasteiger partial charge in [0.25, 0.3) is 0 Å². The van der Waals surface area contributed by atoms with Crippen LogP contribution >= 0.6 is 0 Å². The van der Waals surface area contributed by atoms with Gasteiger partial charge in [-0.1, -0.05) is 0 Å².